The fourth-order valence-electron chi connectivity index (χ4n) is 4.63. The van der Waals surface area contributed by atoms with Gasteiger partial charge in [0.2, 0.25) is 10.0 Å². The van der Waals surface area contributed by atoms with Gasteiger partial charge >= 0.3 is 0 Å². The molecule has 0 aliphatic carbocycles. The van der Waals surface area contributed by atoms with Crippen LogP contribution in [0, 0.1) is 6.92 Å². The van der Waals surface area contributed by atoms with Crippen LogP contribution >= 0.6 is 0 Å². The minimum atomic E-state index is -3.69. The lowest BCUT2D eigenvalue weighted by Crippen LogP contribution is -2.41. The van der Waals surface area contributed by atoms with Crippen LogP contribution in [0.25, 0.3) is 0 Å². The zero-order chi connectivity index (χ0) is 23.4. The van der Waals surface area contributed by atoms with Crippen LogP contribution < -0.4 is 4.74 Å². The van der Waals surface area contributed by atoms with E-state index in [0.29, 0.717) is 44.0 Å². The number of benzene rings is 2. The molecule has 178 valence electrons. The summed E-state index contributed by atoms with van der Waals surface area (Å²) in [7, 11) is -2.06. The molecular weight excluding hydrogens is 440 g/mol. The Morgan fingerprint density at radius 3 is 2.42 bits per heavy atom. The molecule has 33 heavy (non-hydrogen) atoms. The third-order valence-electron chi connectivity index (χ3n) is 6.54. The first-order valence-corrected chi connectivity index (χ1v) is 13.0. The summed E-state index contributed by atoms with van der Waals surface area (Å²) < 4.78 is 38.6. The summed E-state index contributed by atoms with van der Waals surface area (Å²) in [5.74, 6) is 0.651. The van der Waals surface area contributed by atoms with Crippen molar-refractivity contribution in [2.24, 2.45) is 0 Å². The molecule has 0 bridgehead atoms. The summed E-state index contributed by atoms with van der Waals surface area (Å²) in [6, 6.07) is 12.8. The Bertz CT molecular complexity index is 1080. The van der Waals surface area contributed by atoms with Gasteiger partial charge in [-0.3, -0.25) is 4.79 Å². The third kappa shape index (κ3) is 5.08. The average Bonchev–Trinajstić information content (AvgIpc) is 3.10. The normalized spacial score (nSPS) is 20.3. The first-order valence-electron chi connectivity index (χ1n) is 11.6. The third-order valence-corrected chi connectivity index (χ3v) is 8.58. The summed E-state index contributed by atoms with van der Waals surface area (Å²) >= 11 is 0. The fourth-order valence-corrected chi connectivity index (χ4v) is 6.29. The first-order chi connectivity index (χ1) is 15.9. The highest BCUT2D eigenvalue weighted by Crippen LogP contribution is 2.33. The monoisotopic (exact) mass is 472 g/mol. The molecule has 0 aromatic heterocycles. The highest BCUT2D eigenvalue weighted by Gasteiger charge is 2.31. The van der Waals surface area contributed by atoms with Crippen LogP contribution in [0.2, 0.25) is 0 Å². The Morgan fingerprint density at radius 2 is 1.73 bits per heavy atom. The van der Waals surface area contributed by atoms with Crippen molar-refractivity contribution in [3.05, 3.63) is 59.2 Å². The smallest absolute Gasteiger partial charge is 0.254 e. The number of rotatable bonds is 5. The standard InChI is InChI=1S/C25H32N2O5S/c1-19-7-8-21(18-24(19)33(29,30)26-14-16-32-17-15-26)25(28)27-13-5-3-4-6-23(27)20-9-11-22(31-2)12-10-20/h7-12,18,23H,3-6,13-17H2,1-2H3/t23-/m0/s1. The van der Waals surface area contributed by atoms with Crippen LogP contribution in [0.5, 0.6) is 5.75 Å². The van der Waals surface area contributed by atoms with Crippen LogP contribution in [0.1, 0.15) is 53.2 Å². The summed E-state index contributed by atoms with van der Waals surface area (Å²) in [4.78, 5) is 15.8. The Labute approximate surface area is 196 Å². The van der Waals surface area contributed by atoms with Gasteiger partial charge in [-0.2, -0.15) is 4.31 Å². The van der Waals surface area contributed by atoms with E-state index in [9.17, 15) is 13.2 Å². The zero-order valence-corrected chi connectivity index (χ0v) is 20.1. The van der Waals surface area contributed by atoms with E-state index in [-0.39, 0.29) is 16.8 Å². The number of carbonyl (C=O) groups is 1. The van der Waals surface area contributed by atoms with Gasteiger partial charge in [0, 0.05) is 25.2 Å². The molecule has 2 heterocycles. The van der Waals surface area contributed by atoms with Gasteiger partial charge in [0.05, 0.1) is 31.3 Å². The highest BCUT2D eigenvalue weighted by atomic mass is 32.2. The van der Waals surface area contributed by atoms with Gasteiger partial charge in [0.25, 0.3) is 5.91 Å². The molecule has 0 saturated carbocycles. The van der Waals surface area contributed by atoms with Crippen LogP contribution in [0.4, 0.5) is 0 Å². The molecule has 0 N–H and O–H groups in total. The van der Waals surface area contributed by atoms with Crippen molar-refractivity contribution in [3.63, 3.8) is 0 Å². The van der Waals surface area contributed by atoms with Crippen molar-refractivity contribution >= 4 is 15.9 Å². The van der Waals surface area contributed by atoms with Crippen molar-refractivity contribution in [2.75, 3.05) is 40.0 Å². The molecule has 4 rings (SSSR count). The second kappa shape index (κ2) is 10.2. The zero-order valence-electron chi connectivity index (χ0n) is 19.3. The van der Waals surface area contributed by atoms with Gasteiger partial charge in [-0.15, -0.1) is 0 Å². The molecule has 0 unspecified atom stereocenters. The Balaban J connectivity index is 1.65. The predicted molar refractivity (Wildman–Crippen MR) is 126 cm³/mol. The first kappa shape index (κ1) is 23.7. The highest BCUT2D eigenvalue weighted by molar-refractivity contribution is 7.89. The number of aryl methyl sites for hydroxylation is 1. The van der Waals surface area contributed by atoms with Crippen LogP contribution in [-0.4, -0.2) is 63.5 Å². The summed E-state index contributed by atoms with van der Waals surface area (Å²) in [6.07, 6.45) is 3.93. The molecule has 8 heteroatoms. The molecule has 2 fully saturated rings. The lowest BCUT2D eigenvalue weighted by molar-refractivity contribution is 0.0680. The minimum Gasteiger partial charge on any atom is -0.497 e. The average molecular weight is 473 g/mol. The summed E-state index contributed by atoms with van der Waals surface area (Å²) in [6.45, 7) is 3.84. The maximum absolute atomic E-state index is 13.7. The van der Waals surface area contributed by atoms with Crippen LogP contribution in [0.3, 0.4) is 0 Å². The number of ether oxygens (including phenoxy) is 2. The van der Waals surface area contributed by atoms with E-state index in [2.05, 4.69) is 0 Å². The second-order valence-corrected chi connectivity index (χ2v) is 10.5. The Morgan fingerprint density at radius 1 is 1.00 bits per heavy atom. The number of morpholine rings is 1. The number of amides is 1. The number of sulfonamides is 1. The number of likely N-dealkylation sites (tertiary alicyclic amines) is 1. The molecule has 2 aromatic carbocycles. The van der Waals surface area contributed by atoms with Gasteiger partial charge in [-0.05, 0) is 55.2 Å². The number of carbonyl (C=O) groups excluding carboxylic acids is 1. The predicted octanol–water partition coefficient (Wildman–Crippen LogP) is 3.78. The number of hydrogen-bond acceptors (Lipinski definition) is 5. The molecule has 2 aromatic rings. The lowest BCUT2D eigenvalue weighted by atomic mass is 9.99. The van der Waals surface area contributed by atoms with Gasteiger partial charge < -0.3 is 14.4 Å². The molecule has 7 nitrogen and oxygen atoms in total. The number of hydrogen-bond donors (Lipinski definition) is 0. The number of nitrogens with zero attached hydrogens (tertiary/aromatic N) is 2. The van der Waals surface area contributed by atoms with Crippen molar-refractivity contribution in [3.8, 4) is 5.75 Å². The van der Waals surface area contributed by atoms with Gasteiger partial charge in [-0.1, -0.05) is 31.0 Å². The van der Waals surface area contributed by atoms with E-state index < -0.39 is 10.0 Å². The molecule has 0 spiro atoms. The van der Waals surface area contributed by atoms with E-state index >= 15 is 0 Å². The molecular formula is C25H32N2O5S. The summed E-state index contributed by atoms with van der Waals surface area (Å²) in [5.41, 5.74) is 2.12. The van der Waals surface area contributed by atoms with E-state index in [1.54, 1.807) is 32.2 Å². The van der Waals surface area contributed by atoms with Crippen LogP contribution in [0.15, 0.2) is 47.4 Å². The van der Waals surface area contributed by atoms with Crippen molar-refractivity contribution < 1.29 is 22.7 Å². The molecule has 2 aliphatic heterocycles. The lowest BCUT2D eigenvalue weighted by Gasteiger charge is -2.31. The van der Waals surface area contributed by atoms with Crippen molar-refractivity contribution in [1.82, 2.24) is 9.21 Å². The van der Waals surface area contributed by atoms with E-state index in [1.165, 1.54) is 4.31 Å². The molecule has 0 radical (unpaired) electrons. The second-order valence-electron chi connectivity index (χ2n) is 8.63. The van der Waals surface area contributed by atoms with Crippen LogP contribution in [-0.2, 0) is 14.8 Å². The summed E-state index contributed by atoms with van der Waals surface area (Å²) in [5, 5.41) is 0. The van der Waals surface area contributed by atoms with Gasteiger partial charge in [0.15, 0.2) is 0 Å². The topological polar surface area (TPSA) is 76.2 Å². The van der Waals surface area contributed by atoms with Gasteiger partial charge in [0.1, 0.15) is 5.75 Å². The largest absolute Gasteiger partial charge is 0.497 e. The minimum absolute atomic E-state index is 0.0495. The SMILES string of the molecule is COc1ccc([C@@H]2CCCCCN2C(=O)c2ccc(C)c(S(=O)(=O)N3CCOCC3)c2)cc1. The molecule has 2 saturated heterocycles. The number of methoxy groups -OCH3 is 1. The van der Waals surface area contributed by atoms with E-state index in [1.807, 2.05) is 29.2 Å². The Hall–Kier alpha value is -2.42. The van der Waals surface area contributed by atoms with E-state index in [0.717, 1.165) is 37.0 Å². The maximum Gasteiger partial charge on any atom is 0.254 e. The van der Waals surface area contributed by atoms with Crippen molar-refractivity contribution in [1.29, 1.82) is 0 Å². The fraction of sp³-hybridized carbons (Fsp3) is 0.480. The Kier molecular flexibility index (Phi) is 7.36. The molecule has 2 aliphatic rings. The quantitative estimate of drug-likeness (QED) is 0.662. The maximum atomic E-state index is 13.7. The van der Waals surface area contributed by atoms with Crippen molar-refractivity contribution in [2.45, 2.75) is 43.5 Å². The van der Waals surface area contributed by atoms with E-state index in [4.69, 9.17) is 9.47 Å². The molecule has 1 atom stereocenters. The van der Waals surface area contributed by atoms with Gasteiger partial charge in [-0.25, -0.2) is 8.42 Å². The molecule has 1 amide bonds.